The van der Waals surface area contributed by atoms with Crippen molar-refractivity contribution >= 4 is 6.03 Å². The number of hydrogen-bond donors (Lipinski definition) is 4. The van der Waals surface area contributed by atoms with Crippen LogP contribution in [0.4, 0.5) is 4.79 Å². The molecule has 7 heteroatoms. The number of amides is 2. The first-order chi connectivity index (χ1) is 5.00. The van der Waals surface area contributed by atoms with Crippen molar-refractivity contribution in [2.75, 3.05) is 6.54 Å². The van der Waals surface area contributed by atoms with E-state index in [2.05, 4.69) is 0 Å². The minimum Gasteiger partial charge on any atom is -0.351 e. The molecule has 4 N–H and O–H groups in total. The lowest BCUT2D eigenvalue weighted by molar-refractivity contribution is -0.274. The Morgan fingerprint density at radius 2 is 1.91 bits per heavy atom. The van der Waals surface area contributed by atoms with E-state index in [9.17, 15) is 4.79 Å². The standard InChI is InChI=1S/C4H10N2O5/c1-2-5(4(8)9)3(7)6(10)11/h4,8-11H,2H2,1H3. The summed E-state index contributed by atoms with van der Waals surface area (Å²) in [5.41, 5.74) is 0. The summed E-state index contributed by atoms with van der Waals surface area (Å²) in [6.07, 6.45) is -2.03. The highest BCUT2D eigenvalue weighted by Crippen LogP contribution is 1.96. The van der Waals surface area contributed by atoms with Crippen molar-refractivity contribution in [3.8, 4) is 0 Å². The summed E-state index contributed by atoms with van der Waals surface area (Å²) in [4.78, 5) is 11.0. The summed E-state index contributed by atoms with van der Waals surface area (Å²) in [5, 5.41) is 32.5. The molecular formula is C4H10N2O5. The van der Waals surface area contributed by atoms with Crippen molar-refractivity contribution in [2.45, 2.75) is 13.3 Å². The van der Waals surface area contributed by atoms with Crippen LogP contribution in [0.1, 0.15) is 6.92 Å². The highest BCUT2D eigenvalue weighted by molar-refractivity contribution is 5.71. The second-order valence-electron chi connectivity index (χ2n) is 1.70. The van der Waals surface area contributed by atoms with Gasteiger partial charge in [0.1, 0.15) is 0 Å². The second kappa shape index (κ2) is 4.09. The number of urea groups is 1. The molecule has 0 aromatic heterocycles. The Balaban J connectivity index is 4.15. The maximum atomic E-state index is 10.5. The number of aliphatic hydroxyl groups is 2. The molecule has 0 unspecified atom stereocenters. The van der Waals surface area contributed by atoms with E-state index >= 15 is 0 Å². The van der Waals surface area contributed by atoms with Gasteiger partial charge in [-0.05, 0) is 6.92 Å². The fourth-order valence-corrected chi connectivity index (χ4v) is 0.512. The highest BCUT2D eigenvalue weighted by atomic mass is 16.8. The van der Waals surface area contributed by atoms with Gasteiger partial charge in [0, 0.05) is 6.54 Å². The predicted octanol–water partition coefficient (Wildman–Crippen LogP) is -1.22. The lowest BCUT2D eigenvalue weighted by Gasteiger charge is -2.23. The molecule has 0 aliphatic rings. The quantitative estimate of drug-likeness (QED) is 0.234. The molecule has 0 radical (unpaired) electrons. The van der Waals surface area contributed by atoms with Crippen LogP contribution in [0, 0.1) is 0 Å². The Hall–Kier alpha value is -0.890. The molecule has 0 saturated heterocycles. The normalized spacial score (nSPS) is 10.0. The molecule has 11 heavy (non-hydrogen) atoms. The molecule has 0 aromatic rings. The van der Waals surface area contributed by atoms with Gasteiger partial charge in [-0.25, -0.2) is 4.79 Å². The van der Waals surface area contributed by atoms with Crippen molar-refractivity contribution in [1.82, 2.24) is 10.1 Å². The molecule has 0 bridgehead atoms. The van der Waals surface area contributed by atoms with Crippen LogP contribution in [0.3, 0.4) is 0 Å². The van der Waals surface area contributed by atoms with E-state index in [1.165, 1.54) is 6.92 Å². The van der Waals surface area contributed by atoms with Crippen LogP contribution in [0.15, 0.2) is 0 Å². The van der Waals surface area contributed by atoms with Crippen molar-refractivity contribution in [1.29, 1.82) is 0 Å². The van der Waals surface area contributed by atoms with Crippen LogP contribution in [0.25, 0.3) is 0 Å². The topological polar surface area (TPSA) is 104 Å². The van der Waals surface area contributed by atoms with Crippen LogP contribution in [0.2, 0.25) is 0 Å². The average Bonchev–Trinajstić information content (AvgIpc) is 1.88. The van der Waals surface area contributed by atoms with Crippen LogP contribution < -0.4 is 0 Å². The van der Waals surface area contributed by atoms with Gasteiger partial charge in [-0.2, -0.15) is 0 Å². The van der Waals surface area contributed by atoms with Crippen LogP contribution >= 0.6 is 0 Å². The van der Waals surface area contributed by atoms with Gasteiger partial charge in [0.15, 0.2) is 0 Å². The van der Waals surface area contributed by atoms with Gasteiger partial charge in [-0.15, -0.1) is 0 Å². The Morgan fingerprint density at radius 1 is 1.45 bits per heavy atom. The zero-order valence-corrected chi connectivity index (χ0v) is 5.88. The van der Waals surface area contributed by atoms with E-state index in [1.54, 1.807) is 0 Å². The molecule has 0 heterocycles. The first kappa shape index (κ1) is 10.1. The maximum absolute atomic E-state index is 10.5. The van der Waals surface area contributed by atoms with E-state index < -0.39 is 17.7 Å². The van der Waals surface area contributed by atoms with E-state index in [1.807, 2.05) is 0 Å². The van der Waals surface area contributed by atoms with Crippen molar-refractivity contribution in [2.24, 2.45) is 0 Å². The molecular weight excluding hydrogens is 156 g/mol. The minimum absolute atomic E-state index is 0.0475. The number of aliphatic hydroxyl groups excluding tert-OH is 1. The molecule has 0 saturated carbocycles. The van der Waals surface area contributed by atoms with Gasteiger partial charge < -0.3 is 10.2 Å². The van der Waals surface area contributed by atoms with Crippen molar-refractivity contribution in [3.05, 3.63) is 0 Å². The molecule has 2 amide bonds. The van der Waals surface area contributed by atoms with Gasteiger partial charge in [0.05, 0.1) is 0 Å². The zero-order chi connectivity index (χ0) is 9.02. The average molecular weight is 166 g/mol. The van der Waals surface area contributed by atoms with Crippen LogP contribution in [-0.2, 0) is 0 Å². The predicted molar refractivity (Wildman–Crippen MR) is 31.4 cm³/mol. The van der Waals surface area contributed by atoms with Crippen LogP contribution in [-0.4, -0.2) is 49.7 Å². The smallest absolute Gasteiger partial charge is 0.351 e. The molecule has 7 nitrogen and oxygen atoms in total. The van der Waals surface area contributed by atoms with Crippen molar-refractivity contribution < 1.29 is 25.4 Å². The molecule has 0 fully saturated rings. The number of carbonyl (C=O) groups excluding carboxylic acids is 1. The summed E-state index contributed by atoms with van der Waals surface area (Å²) < 4.78 is 0. The third kappa shape index (κ3) is 2.68. The SMILES string of the molecule is CCN(C(=O)N(O)O)C(O)O. The Bertz CT molecular complexity index is 136. The number of hydroxylamine groups is 2. The van der Waals surface area contributed by atoms with Crippen molar-refractivity contribution in [3.63, 3.8) is 0 Å². The molecule has 0 aromatic carbocycles. The Labute approximate surface area is 62.6 Å². The van der Waals surface area contributed by atoms with Gasteiger partial charge in [-0.3, -0.25) is 15.3 Å². The first-order valence-electron chi connectivity index (χ1n) is 2.85. The van der Waals surface area contributed by atoms with E-state index in [0.29, 0.717) is 4.90 Å². The largest absolute Gasteiger partial charge is 0.373 e. The molecule has 66 valence electrons. The fraction of sp³-hybridized carbons (Fsp3) is 0.750. The highest BCUT2D eigenvalue weighted by Gasteiger charge is 2.21. The fourth-order valence-electron chi connectivity index (χ4n) is 0.512. The minimum atomic E-state index is -2.03. The Morgan fingerprint density at radius 3 is 2.00 bits per heavy atom. The third-order valence-corrected chi connectivity index (χ3v) is 1.04. The first-order valence-corrected chi connectivity index (χ1v) is 2.85. The number of hydrogen-bond acceptors (Lipinski definition) is 5. The summed E-state index contributed by atoms with van der Waals surface area (Å²) >= 11 is 0. The van der Waals surface area contributed by atoms with Gasteiger partial charge in [0.2, 0.25) is 6.41 Å². The van der Waals surface area contributed by atoms with E-state index in [-0.39, 0.29) is 6.54 Å². The number of carbonyl (C=O) groups is 1. The van der Waals surface area contributed by atoms with Gasteiger partial charge >= 0.3 is 6.03 Å². The van der Waals surface area contributed by atoms with E-state index in [0.717, 1.165) is 0 Å². The Kier molecular flexibility index (Phi) is 3.76. The zero-order valence-electron chi connectivity index (χ0n) is 5.88. The van der Waals surface area contributed by atoms with Crippen LogP contribution in [0.5, 0.6) is 0 Å². The lowest BCUT2D eigenvalue weighted by atomic mass is 10.6. The van der Waals surface area contributed by atoms with Gasteiger partial charge in [-0.1, -0.05) is 5.23 Å². The summed E-state index contributed by atoms with van der Waals surface area (Å²) in [6.45, 7) is 1.40. The maximum Gasteiger partial charge on any atom is 0.373 e. The number of rotatable bonds is 2. The summed E-state index contributed by atoms with van der Waals surface area (Å²) in [6, 6.07) is -1.30. The molecule has 0 spiro atoms. The lowest BCUT2D eigenvalue weighted by Crippen LogP contribution is -2.45. The van der Waals surface area contributed by atoms with E-state index in [4.69, 9.17) is 20.6 Å². The third-order valence-electron chi connectivity index (χ3n) is 1.04. The summed E-state index contributed by atoms with van der Waals surface area (Å²) in [5.74, 6) is 0. The second-order valence-corrected chi connectivity index (χ2v) is 1.70. The summed E-state index contributed by atoms with van der Waals surface area (Å²) in [7, 11) is 0. The molecule has 0 aliphatic heterocycles. The van der Waals surface area contributed by atoms with Gasteiger partial charge in [0.25, 0.3) is 0 Å². The molecule has 0 aliphatic carbocycles. The molecule has 0 rings (SSSR count). The number of nitrogens with zero attached hydrogens (tertiary/aromatic N) is 2. The monoisotopic (exact) mass is 166 g/mol. The molecule has 0 atom stereocenters.